The van der Waals surface area contributed by atoms with Crippen LogP contribution in [0.2, 0.25) is 0 Å². The molecule has 1 aromatic heterocycles. The summed E-state index contributed by atoms with van der Waals surface area (Å²) in [6.07, 6.45) is 0. The lowest BCUT2D eigenvalue weighted by Crippen LogP contribution is -2.30. The second-order valence-electron chi connectivity index (χ2n) is 4.37. The number of hydrogen-bond donors (Lipinski definition) is 2. The van der Waals surface area contributed by atoms with Crippen LogP contribution in [0.25, 0.3) is 0 Å². The Hall–Kier alpha value is -1.50. The molecule has 5 nitrogen and oxygen atoms in total. The van der Waals surface area contributed by atoms with Gasteiger partial charge in [-0.2, -0.15) is 0 Å². The maximum atomic E-state index is 11.8. The third kappa shape index (κ3) is 5.71. The zero-order valence-corrected chi connectivity index (χ0v) is 14.5. The Kier molecular flexibility index (Phi) is 8.01. The molecule has 0 fully saturated rings. The van der Waals surface area contributed by atoms with Crippen molar-refractivity contribution in [3.63, 3.8) is 0 Å². The molecule has 120 valence electrons. The van der Waals surface area contributed by atoms with Gasteiger partial charge in [-0.25, -0.2) is 0 Å². The van der Waals surface area contributed by atoms with Crippen molar-refractivity contribution < 1.29 is 13.9 Å². The highest BCUT2D eigenvalue weighted by Crippen LogP contribution is 2.18. The van der Waals surface area contributed by atoms with E-state index in [1.54, 1.807) is 12.1 Å². The van der Waals surface area contributed by atoms with Gasteiger partial charge in [-0.15, -0.1) is 12.4 Å². The van der Waals surface area contributed by atoms with E-state index in [-0.39, 0.29) is 24.9 Å². The summed E-state index contributed by atoms with van der Waals surface area (Å²) in [6, 6.07) is 10.9. The van der Waals surface area contributed by atoms with Crippen LogP contribution in [0.1, 0.15) is 16.3 Å². The minimum absolute atomic E-state index is 0. The third-order valence-corrected chi connectivity index (χ3v) is 3.27. The molecule has 2 N–H and O–H groups in total. The molecule has 1 heterocycles. The van der Waals surface area contributed by atoms with Crippen molar-refractivity contribution in [3.8, 4) is 5.75 Å². The van der Waals surface area contributed by atoms with E-state index in [4.69, 9.17) is 9.15 Å². The van der Waals surface area contributed by atoms with E-state index in [0.717, 1.165) is 10.2 Å². The summed E-state index contributed by atoms with van der Waals surface area (Å²) < 4.78 is 12.0. The van der Waals surface area contributed by atoms with E-state index < -0.39 is 0 Å². The van der Waals surface area contributed by atoms with E-state index in [0.29, 0.717) is 24.6 Å². The molecular weight excluding hydrogens is 372 g/mol. The molecule has 2 aromatic rings. The van der Waals surface area contributed by atoms with Gasteiger partial charge in [-0.05, 0) is 43.4 Å². The number of nitrogens with one attached hydrogen (secondary N) is 2. The van der Waals surface area contributed by atoms with Crippen LogP contribution in [-0.2, 0) is 6.61 Å². The van der Waals surface area contributed by atoms with Crippen molar-refractivity contribution in [1.82, 2.24) is 10.6 Å². The van der Waals surface area contributed by atoms with Crippen molar-refractivity contribution in [2.75, 3.05) is 20.1 Å². The molecule has 0 aliphatic carbocycles. The molecule has 0 atom stereocenters. The fourth-order valence-corrected chi connectivity index (χ4v) is 1.92. The SMILES string of the molecule is CNCCNC(=O)c1ccc(COc2ccc(Br)cc2)o1.Cl. The van der Waals surface area contributed by atoms with Crippen LogP contribution in [0.3, 0.4) is 0 Å². The van der Waals surface area contributed by atoms with Crippen LogP contribution in [-0.4, -0.2) is 26.0 Å². The second kappa shape index (κ2) is 9.50. The lowest BCUT2D eigenvalue weighted by Gasteiger charge is -2.04. The highest BCUT2D eigenvalue weighted by molar-refractivity contribution is 9.10. The first-order chi connectivity index (χ1) is 10.2. The van der Waals surface area contributed by atoms with E-state index in [1.165, 1.54) is 0 Å². The van der Waals surface area contributed by atoms with Crippen molar-refractivity contribution in [3.05, 3.63) is 52.4 Å². The zero-order valence-electron chi connectivity index (χ0n) is 12.1. The number of halogens is 2. The summed E-state index contributed by atoms with van der Waals surface area (Å²) in [5, 5.41) is 5.71. The number of ether oxygens (including phenoxy) is 1. The predicted molar refractivity (Wildman–Crippen MR) is 90.7 cm³/mol. The monoisotopic (exact) mass is 388 g/mol. The highest BCUT2D eigenvalue weighted by atomic mass is 79.9. The van der Waals surface area contributed by atoms with E-state index >= 15 is 0 Å². The first-order valence-corrected chi connectivity index (χ1v) is 7.38. The Bertz CT molecular complexity index is 587. The zero-order chi connectivity index (χ0) is 15.1. The van der Waals surface area contributed by atoms with Gasteiger partial charge in [-0.1, -0.05) is 15.9 Å². The molecule has 0 bridgehead atoms. The molecule has 0 unspecified atom stereocenters. The van der Waals surface area contributed by atoms with Crippen molar-refractivity contribution in [2.45, 2.75) is 6.61 Å². The summed E-state index contributed by atoms with van der Waals surface area (Å²) in [6.45, 7) is 1.55. The number of hydrogen-bond acceptors (Lipinski definition) is 4. The highest BCUT2D eigenvalue weighted by Gasteiger charge is 2.10. The predicted octanol–water partition coefficient (Wildman–Crippen LogP) is 2.99. The molecule has 0 saturated carbocycles. The molecular formula is C15H18BrClN2O3. The first-order valence-electron chi connectivity index (χ1n) is 6.59. The molecule has 7 heteroatoms. The molecule has 0 aliphatic heterocycles. The Morgan fingerprint density at radius 2 is 1.91 bits per heavy atom. The Balaban J connectivity index is 0.00000242. The van der Waals surface area contributed by atoms with Crippen LogP contribution < -0.4 is 15.4 Å². The fraction of sp³-hybridized carbons (Fsp3) is 0.267. The largest absolute Gasteiger partial charge is 0.486 e. The number of rotatable bonds is 7. The normalized spacial score (nSPS) is 9.91. The van der Waals surface area contributed by atoms with Gasteiger partial charge in [0.15, 0.2) is 5.76 Å². The summed E-state index contributed by atoms with van der Waals surface area (Å²) in [5.74, 6) is 1.42. The summed E-state index contributed by atoms with van der Waals surface area (Å²) in [5.41, 5.74) is 0. The van der Waals surface area contributed by atoms with Gasteiger partial charge in [0.1, 0.15) is 18.1 Å². The molecule has 1 aromatic carbocycles. The minimum Gasteiger partial charge on any atom is -0.486 e. The molecule has 2 rings (SSSR count). The molecule has 0 spiro atoms. The van der Waals surface area contributed by atoms with E-state index in [2.05, 4.69) is 26.6 Å². The van der Waals surface area contributed by atoms with Gasteiger partial charge < -0.3 is 19.8 Å². The smallest absolute Gasteiger partial charge is 0.287 e. The molecule has 22 heavy (non-hydrogen) atoms. The van der Waals surface area contributed by atoms with Crippen LogP contribution >= 0.6 is 28.3 Å². The maximum Gasteiger partial charge on any atom is 0.287 e. The maximum absolute atomic E-state index is 11.8. The third-order valence-electron chi connectivity index (χ3n) is 2.74. The van der Waals surface area contributed by atoms with Gasteiger partial charge in [0.25, 0.3) is 5.91 Å². The Morgan fingerprint density at radius 3 is 2.59 bits per heavy atom. The fourth-order valence-electron chi connectivity index (χ4n) is 1.65. The van der Waals surface area contributed by atoms with Crippen LogP contribution in [0.15, 0.2) is 45.3 Å². The average molecular weight is 390 g/mol. The summed E-state index contributed by atoms with van der Waals surface area (Å²) in [7, 11) is 1.83. The molecule has 0 aliphatic rings. The topological polar surface area (TPSA) is 63.5 Å². The molecule has 0 saturated heterocycles. The van der Waals surface area contributed by atoms with Crippen LogP contribution in [0.4, 0.5) is 0 Å². The summed E-state index contributed by atoms with van der Waals surface area (Å²) in [4.78, 5) is 11.8. The molecule has 0 radical (unpaired) electrons. The van der Waals surface area contributed by atoms with Crippen molar-refractivity contribution in [2.24, 2.45) is 0 Å². The second-order valence-corrected chi connectivity index (χ2v) is 5.28. The lowest BCUT2D eigenvalue weighted by atomic mass is 10.3. The van der Waals surface area contributed by atoms with Gasteiger partial charge in [0, 0.05) is 17.6 Å². The minimum atomic E-state index is -0.222. The van der Waals surface area contributed by atoms with E-state index in [1.807, 2.05) is 31.3 Å². The van der Waals surface area contributed by atoms with Crippen LogP contribution in [0.5, 0.6) is 5.75 Å². The Labute approximate surface area is 144 Å². The quantitative estimate of drug-likeness (QED) is 0.715. The number of amides is 1. The van der Waals surface area contributed by atoms with Gasteiger partial charge in [0.05, 0.1) is 0 Å². The van der Waals surface area contributed by atoms with Gasteiger partial charge in [-0.3, -0.25) is 4.79 Å². The van der Waals surface area contributed by atoms with Crippen LogP contribution in [0, 0.1) is 0 Å². The number of furan rings is 1. The average Bonchev–Trinajstić information content (AvgIpc) is 2.96. The molecule has 1 amide bonds. The number of carbonyl (C=O) groups excluding carboxylic acids is 1. The van der Waals surface area contributed by atoms with E-state index in [9.17, 15) is 4.79 Å². The number of likely N-dealkylation sites (N-methyl/N-ethyl adjacent to an activating group) is 1. The van der Waals surface area contributed by atoms with Crippen molar-refractivity contribution >= 4 is 34.2 Å². The van der Waals surface area contributed by atoms with Gasteiger partial charge >= 0.3 is 0 Å². The van der Waals surface area contributed by atoms with Gasteiger partial charge in [0.2, 0.25) is 0 Å². The summed E-state index contributed by atoms with van der Waals surface area (Å²) >= 11 is 3.36. The number of carbonyl (C=O) groups is 1. The standard InChI is InChI=1S/C15H17BrN2O3.ClH/c1-17-8-9-18-15(19)14-7-6-13(21-14)10-20-12-4-2-11(16)3-5-12;/h2-7,17H,8-10H2,1H3,(H,18,19);1H. The first kappa shape index (κ1) is 18.5. The van der Waals surface area contributed by atoms with Crippen molar-refractivity contribution in [1.29, 1.82) is 0 Å². The lowest BCUT2D eigenvalue weighted by molar-refractivity contribution is 0.0922. The number of benzene rings is 1. The Morgan fingerprint density at radius 1 is 1.18 bits per heavy atom.